The predicted octanol–water partition coefficient (Wildman–Crippen LogP) is -0.744. The molecule has 0 saturated heterocycles. The van der Waals surface area contributed by atoms with E-state index >= 15 is 0 Å². The average Bonchev–Trinajstić information content (AvgIpc) is 3.18. The largest absolute Gasteiger partial charge is 1.00 e. The summed E-state index contributed by atoms with van der Waals surface area (Å²) in [6.07, 6.45) is 1.05. The van der Waals surface area contributed by atoms with Crippen LogP contribution in [0.3, 0.4) is 0 Å². The van der Waals surface area contributed by atoms with E-state index in [1.165, 1.54) is 43.5 Å². The second-order valence-corrected chi connectivity index (χ2v) is 28.2. The van der Waals surface area contributed by atoms with Crippen LogP contribution in [0, 0.1) is 6.07 Å². The van der Waals surface area contributed by atoms with Crippen molar-refractivity contribution in [3.8, 4) is 11.1 Å². The van der Waals surface area contributed by atoms with Crippen LogP contribution in [0.4, 0.5) is 0 Å². The maximum atomic E-state index is 3.30. The third-order valence-electron chi connectivity index (χ3n) is 3.17. The fourth-order valence-electron chi connectivity index (χ4n) is 2.32. The van der Waals surface area contributed by atoms with Crippen LogP contribution in [0.1, 0.15) is 11.1 Å². The normalized spacial score (nSPS) is 9.50. The SMILES string of the molecule is [CH3][Ge]([CH3])=[Hf+2].[Cl-].[Cl-].[c-]1cccc2c1Cc1ccccc1-2.c1cc[cH-]c1. The zero-order chi connectivity index (χ0) is 15.8. The maximum absolute atomic E-state index is 3.30. The summed E-state index contributed by atoms with van der Waals surface area (Å²) in [5.41, 5.74) is 5.51. The van der Waals surface area contributed by atoms with Crippen LogP contribution in [-0.2, 0) is 27.7 Å². The Balaban J connectivity index is 0.000000409. The van der Waals surface area contributed by atoms with Gasteiger partial charge in [0.15, 0.2) is 0 Å². The van der Waals surface area contributed by atoms with E-state index in [-0.39, 0.29) is 34.9 Å². The molecule has 0 bridgehead atoms. The first-order valence-electron chi connectivity index (χ1n) is 7.45. The first-order valence-corrected chi connectivity index (χ1v) is 22.0. The zero-order valence-corrected chi connectivity index (χ0v) is 21.1. The first-order chi connectivity index (χ1) is 10.7. The molecule has 1 aliphatic carbocycles. The van der Waals surface area contributed by atoms with Crippen molar-refractivity contribution < 1.29 is 46.1 Å². The second-order valence-electron chi connectivity index (χ2n) is 5.36. The molecule has 1 aliphatic rings. The number of benzene rings is 2. The van der Waals surface area contributed by atoms with Gasteiger partial charge in [0.1, 0.15) is 0 Å². The van der Waals surface area contributed by atoms with Gasteiger partial charge in [0.05, 0.1) is 0 Å². The van der Waals surface area contributed by atoms with E-state index < -0.39 is 0 Å². The molecule has 124 valence electrons. The number of rotatable bonds is 0. The summed E-state index contributed by atoms with van der Waals surface area (Å²) in [6.45, 7) is 0. The third-order valence-corrected chi connectivity index (χ3v) is 3.17. The number of hydrogen-bond acceptors (Lipinski definition) is 0. The zero-order valence-electron chi connectivity index (χ0n) is 13.9. The Morgan fingerprint density at radius 2 is 1.50 bits per heavy atom. The smallest absolute Gasteiger partial charge is 0.0253 e. The van der Waals surface area contributed by atoms with Gasteiger partial charge < -0.3 is 24.8 Å². The van der Waals surface area contributed by atoms with Gasteiger partial charge in [-0.25, -0.2) is 12.1 Å². The van der Waals surface area contributed by atoms with Gasteiger partial charge in [-0.05, 0) is 6.42 Å². The quantitative estimate of drug-likeness (QED) is 0.190. The molecule has 0 nitrogen and oxygen atoms in total. The number of fused-ring (bicyclic) bond motifs is 3. The fraction of sp³-hybridized carbons (Fsp3) is 0.150. The molecule has 0 atom stereocenters. The number of hydrogen-bond donors (Lipinski definition) is 0. The van der Waals surface area contributed by atoms with Gasteiger partial charge in [0.2, 0.25) is 0 Å². The van der Waals surface area contributed by atoms with Crippen molar-refractivity contribution in [1.29, 1.82) is 0 Å². The van der Waals surface area contributed by atoms with Crippen LogP contribution >= 0.6 is 0 Å². The van der Waals surface area contributed by atoms with Crippen LogP contribution < -0.4 is 24.8 Å². The Hall–Kier alpha value is -0.217. The second kappa shape index (κ2) is 13.0. The molecule has 0 aromatic heterocycles. The van der Waals surface area contributed by atoms with Crippen LogP contribution in [0.5, 0.6) is 0 Å². The summed E-state index contributed by atoms with van der Waals surface area (Å²) in [5, 5.41) is 0. The molecular weight excluding hydrogens is 562 g/mol. The van der Waals surface area contributed by atoms with Crippen molar-refractivity contribution in [3.05, 3.63) is 90.0 Å². The summed E-state index contributed by atoms with van der Waals surface area (Å²) in [5.74, 6) is 4.79. The molecule has 0 radical (unpaired) electrons. The summed E-state index contributed by atoms with van der Waals surface area (Å²) < 4.78 is 0. The van der Waals surface area contributed by atoms with E-state index in [9.17, 15) is 0 Å². The molecular formula is C20H20Cl2GeHf-2. The molecule has 0 amide bonds. The van der Waals surface area contributed by atoms with E-state index in [1.54, 1.807) is 0 Å². The molecule has 0 saturated carbocycles. The van der Waals surface area contributed by atoms with E-state index in [4.69, 9.17) is 0 Å². The van der Waals surface area contributed by atoms with Gasteiger partial charge in [0, 0.05) is 0 Å². The molecule has 4 heteroatoms. The van der Waals surface area contributed by atoms with Crippen LogP contribution in [0.2, 0.25) is 11.5 Å². The van der Waals surface area contributed by atoms with Crippen LogP contribution in [0.15, 0.2) is 72.8 Å². The van der Waals surface area contributed by atoms with E-state index in [1.807, 2.05) is 36.4 Å². The molecule has 0 aliphatic heterocycles. The van der Waals surface area contributed by atoms with E-state index in [0.29, 0.717) is 0 Å². The van der Waals surface area contributed by atoms with Crippen molar-refractivity contribution in [2.24, 2.45) is 0 Å². The van der Waals surface area contributed by atoms with Crippen molar-refractivity contribution in [2.45, 2.75) is 17.9 Å². The van der Waals surface area contributed by atoms with Gasteiger partial charge in [-0.2, -0.15) is 48.0 Å². The molecule has 3 aromatic carbocycles. The van der Waals surface area contributed by atoms with Crippen LogP contribution in [-0.4, -0.2) is 10.1 Å². The van der Waals surface area contributed by atoms with Gasteiger partial charge in [-0.1, -0.05) is 35.4 Å². The molecule has 4 rings (SSSR count). The summed E-state index contributed by atoms with van der Waals surface area (Å²) in [6, 6.07) is 28.1. The third kappa shape index (κ3) is 7.78. The monoisotopic (exact) mass is 584 g/mol. The van der Waals surface area contributed by atoms with E-state index in [0.717, 1.165) is 6.42 Å². The van der Waals surface area contributed by atoms with Crippen molar-refractivity contribution >= 4 is 10.1 Å². The Kier molecular flexibility index (Phi) is 12.9. The molecule has 0 spiro atoms. The Labute approximate surface area is 174 Å². The Morgan fingerprint density at radius 1 is 0.917 bits per heavy atom. The van der Waals surface area contributed by atoms with Gasteiger partial charge in [0.25, 0.3) is 0 Å². The van der Waals surface area contributed by atoms with E-state index in [2.05, 4.69) is 54.0 Å². The van der Waals surface area contributed by atoms with Gasteiger partial charge in [-0.15, -0.1) is 5.56 Å². The minimum Gasteiger partial charge on any atom is -1.00 e. The van der Waals surface area contributed by atoms with Crippen molar-refractivity contribution in [1.82, 2.24) is 0 Å². The molecule has 24 heavy (non-hydrogen) atoms. The predicted molar refractivity (Wildman–Crippen MR) is 93.0 cm³/mol. The summed E-state index contributed by atoms with van der Waals surface area (Å²) in [7, 11) is -0.194. The summed E-state index contributed by atoms with van der Waals surface area (Å²) in [4.78, 5) is 0. The Morgan fingerprint density at radius 3 is 2.08 bits per heavy atom. The number of halogens is 2. The summed E-state index contributed by atoms with van der Waals surface area (Å²) >= 11 is 1.52. The molecule has 0 fully saturated rings. The molecule has 3 aromatic rings. The van der Waals surface area contributed by atoms with Gasteiger partial charge in [-0.3, -0.25) is 0 Å². The Bertz CT molecular complexity index is 659. The average molecular weight is 582 g/mol. The van der Waals surface area contributed by atoms with Gasteiger partial charge >= 0.3 is 42.8 Å². The molecule has 0 heterocycles. The topological polar surface area (TPSA) is 0 Å². The first kappa shape index (κ1) is 23.8. The fourth-order valence-corrected chi connectivity index (χ4v) is 2.32. The van der Waals surface area contributed by atoms with Crippen molar-refractivity contribution in [2.75, 3.05) is 0 Å². The molecule has 0 N–H and O–H groups in total. The minimum atomic E-state index is -0.194. The molecule has 0 unspecified atom stereocenters. The minimum absolute atomic E-state index is 0. The van der Waals surface area contributed by atoms with Crippen molar-refractivity contribution in [3.63, 3.8) is 0 Å². The standard InChI is InChI=1S/C13H9.C5H5.C2H6Ge.2ClH.Hf/c1-3-7-12-10(5-1)9-11-6-2-4-8-13(11)12;1-2-4-5-3-1;1-3-2;;;/h1-5,7-8H,9H2;1-5H;1-2H3;2*1H;/q2*-1;;;;+2/p-2. The van der Waals surface area contributed by atoms with Crippen LogP contribution in [0.25, 0.3) is 11.1 Å². The maximum Gasteiger partial charge on any atom is -0.0253 e.